The van der Waals surface area contributed by atoms with Gasteiger partial charge in [0.2, 0.25) is 5.75 Å². The van der Waals surface area contributed by atoms with Crippen LogP contribution in [-0.2, 0) is 6.42 Å². The van der Waals surface area contributed by atoms with Gasteiger partial charge in [-0.1, -0.05) is 0 Å². The normalized spacial score (nSPS) is 10.1. The second kappa shape index (κ2) is 7.25. The number of methoxy groups -OCH3 is 1. The number of hydrazine groups is 1. The van der Waals surface area contributed by atoms with Gasteiger partial charge in [0.1, 0.15) is 6.33 Å². The van der Waals surface area contributed by atoms with Crippen molar-refractivity contribution in [1.29, 1.82) is 0 Å². The fourth-order valence-corrected chi connectivity index (χ4v) is 1.74. The molecule has 0 radical (unpaired) electrons. The molecule has 0 atom stereocenters. The first-order chi connectivity index (χ1) is 9.85. The lowest BCUT2D eigenvalue weighted by atomic mass is 10.1. The minimum absolute atomic E-state index is 0.380. The number of hydrogen-bond acceptors (Lipinski definition) is 7. The van der Waals surface area contributed by atoms with Crippen LogP contribution in [0, 0.1) is 0 Å². The highest BCUT2D eigenvalue weighted by atomic mass is 16.5. The first-order valence-corrected chi connectivity index (χ1v) is 6.22. The molecule has 0 saturated carbocycles. The van der Waals surface area contributed by atoms with E-state index in [-0.39, 0.29) is 0 Å². The topological polar surface area (TPSA) is 95.2 Å². The number of nitrogen functional groups attached to an aromatic ring is 1. The Hall–Kier alpha value is -2.41. The van der Waals surface area contributed by atoms with Crippen molar-refractivity contribution in [3.8, 4) is 11.6 Å². The maximum atomic E-state index is 5.60. The molecule has 0 bridgehead atoms. The molecule has 0 fully saturated rings. The van der Waals surface area contributed by atoms with Crippen LogP contribution in [0.5, 0.6) is 11.6 Å². The summed E-state index contributed by atoms with van der Waals surface area (Å²) in [7, 11) is 1.52. The van der Waals surface area contributed by atoms with Gasteiger partial charge >= 0.3 is 0 Å². The third-order valence-electron chi connectivity index (χ3n) is 2.71. The second-order valence-corrected chi connectivity index (χ2v) is 4.01. The van der Waals surface area contributed by atoms with E-state index in [0.29, 0.717) is 24.1 Å². The van der Waals surface area contributed by atoms with Crippen molar-refractivity contribution >= 4 is 5.82 Å². The molecule has 0 aliphatic carbocycles. The number of anilines is 1. The molecule has 106 valence electrons. The Kier molecular flexibility index (Phi) is 5.08. The third-order valence-corrected chi connectivity index (χ3v) is 2.71. The SMILES string of the molecule is COc1c(NN)ncnc1OCCCc1ccncc1. The number of nitrogens with two attached hydrogens (primary N) is 1. The molecule has 7 heteroatoms. The first-order valence-electron chi connectivity index (χ1n) is 6.22. The summed E-state index contributed by atoms with van der Waals surface area (Å²) in [6.07, 6.45) is 6.71. The van der Waals surface area contributed by atoms with Gasteiger partial charge in [0.05, 0.1) is 13.7 Å². The van der Waals surface area contributed by atoms with E-state index in [1.54, 1.807) is 12.4 Å². The van der Waals surface area contributed by atoms with Gasteiger partial charge in [0, 0.05) is 12.4 Å². The summed E-state index contributed by atoms with van der Waals surface area (Å²) in [5.41, 5.74) is 3.66. The van der Waals surface area contributed by atoms with Gasteiger partial charge in [0.25, 0.3) is 5.88 Å². The average molecular weight is 275 g/mol. The number of pyridine rings is 1. The van der Waals surface area contributed by atoms with Crippen molar-refractivity contribution < 1.29 is 9.47 Å². The van der Waals surface area contributed by atoms with E-state index in [9.17, 15) is 0 Å². The van der Waals surface area contributed by atoms with Gasteiger partial charge in [-0.2, -0.15) is 4.98 Å². The van der Waals surface area contributed by atoms with Crippen molar-refractivity contribution in [2.75, 3.05) is 19.1 Å². The molecule has 2 heterocycles. The Balaban J connectivity index is 1.88. The Morgan fingerprint density at radius 1 is 1.25 bits per heavy atom. The molecule has 7 nitrogen and oxygen atoms in total. The zero-order valence-corrected chi connectivity index (χ0v) is 11.2. The van der Waals surface area contributed by atoms with Crippen molar-refractivity contribution in [1.82, 2.24) is 15.0 Å². The summed E-state index contributed by atoms with van der Waals surface area (Å²) in [6.45, 7) is 0.527. The lowest BCUT2D eigenvalue weighted by Crippen LogP contribution is -2.12. The number of rotatable bonds is 7. The Labute approximate surface area is 117 Å². The van der Waals surface area contributed by atoms with Crippen LogP contribution in [0.3, 0.4) is 0 Å². The minimum atomic E-state index is 0.380. The van der Waals surface area contributed by atoms with E-state index in [1.807, 2.05) is 12.1 Å². The number of aryl methyl sites for hydroxylation is 1. The molecule has 0 saturated heterocycles. The molecule has 0 aromatic carbocycles. The average Bonchev–Trinajstić information content (AvgIpc) is 2.52. The largest absolute Gasteiger partial charge is 0.489 e. The van der Waals surface area contributed by atoms with Gasteiger partial charge in [0.15, 0.2) is 5.82 Å². The molecule has 0 aliphatic rings. The van der Waals surface area contributed by atoms with Crippen LogP contribution in [0.1, 0.15) is 12.0 Å². The van der Waals surface area contributed by atoms with Crippen LogP contribution >= 0.6 is 0 Å². The fourth-order valence-electron chi connectivity index (χ4n) is 1.74. The second-order valence-electron chi connectivity index (χ2n) is 4.01. The Morgan fingerprint density at radius 2 is 2.05 bits per heavy atom. The minimum Gasteiger partial charge on any atom is -0.489 e. The van der Waals surface area contributed by atoms with E-state index in [1.165, 1.54) is 19.0 Å². The number of ether oxygens (including phenoxy) is 2. The van der Waals surface area contributed by atoms with Crippen LogP contribution in [-0.4, -0.2) is 28.7 Å². The maximum absolute atomic E-state index is 5.60. The number of nitrogens with one attached hydrogen (secondary N) is 1. The molecule has 0 aliphatic heterocycles. The molecule has 2 rings (SSSR count). The number of nitrogens with zero attached hydrogens (tertiary/aromatic N) is 3. The fraction of sp³-hybridized carbons (Fsp3) is 0.308. The van der Waals surface area contributed by atoms with Crippen molar-refractivity contribution in [3.63, 3.8) is 0 Å². The highest BCUT2D eigenvalue weighted by Gasteiger charge is 2.12. The molecule has 0 unspecified atom stereocenters. The molecule has 0 spiro atoms. The highest BCUT2D eigenvalue weighted by Crippen LogP contribution is 2.30. The lowest BCUT2D eigenvalue weighted by molar-refractivity contribution is 0.277. The highest BCUT2D eigenvalue weighted by molar-refractivity contribution is 5.54. The molecule has 0 amide bonds. The van der Waals surface area contributed by atoms with Gasteiger partial charge in [-0.05, 0) is 30.5 Å². The predicted molar refractivity (Wildman–Crippen MR) is 74.4 cm³/mol. The van der Waals surface area contributed by atoms with Crippen LogP contribution in [0.2, 0.25) is 0 Å². The standard InChI is InChI=1S/C13H17N5O2/c1-19-11-12(18-14)16-9-17-13(11)20-8-2-3-10-4-6-15-7-5-10/h4-7,9H,2-3,8,14H2,1H3,(H,16,17,18). The van der Waals surface area contributed by atoms with Crippen molar-refractivity contribution in [3.05, 3.63) is 36.4 Å². The molecule has 2 aromatic heterocycles. The maximum Gasteiger partial charge on any atom is 0.262 e. The van der Waals surface area contributed by atoms with Crippen LogP contribution < -0.4 is 20.7 Å². The molecule has 20 heavy (non-hydrogen) atoms. The quantitative estimate of drug-likeness (QED) is 0.445. The molecule has 2 aromatic rings. The summed E-state index contributed by atoms with van der Waals surface area (Å²) in [6, 6.07) is 3.98. The third kappa shape index (κ3) is 3.55. The van der Waals surface area contributed by atoms with E-state index >= 15 is 0 Å². The summed E-state index contributed by atoms with van der Waals surface area (Å²) in [5, 5.41) is 0. The number of hydrogen-bond donors (Lipinski definition) is 2. The van der Waals surface area contributed by atoms with E-state index in [4.69, 9.17) is 15.3 Å². The van der Waals surface area contributed by atoms with Crippen LogP contribution in [0.15, 0.2) is 30.9 Å². The Morgan fingerprint density at radius 3 is 2.75 bits per heavy atom. The number of aromatic nitrogens is 3. The summed E-state index contributed by atoms with van der Waals surface area (Å²) in [4.78, 5) is 12.0. The van der Waals surface area contributed by atoms with Gasteiger partial charge in [-0.25, -0.2) is 10.8 Å². The zero-order chi connectivity index (χ0) is 14.2. The van der Waals surface area contributed by atoms with Gasteiger partial charge in [-0.3, -0.25) is 4.98 Å². The Bertz CT molecular complexity index is 536. The van der Waals surface area contributed by atoms with Crippen LogP contribution in [0.25, 0.3) is 0 Å². The monoisotopic (exact) mass is 275 g/mol. The summed E-state index contributed by atoms with van der Waals surface area (Å²) < 4.78 is 10.8. The smallest absolute Gasteiger partial charge is 0.262 e. The predicted octanol–water partition coefficient (Wildman–Crippen LogP) is 1.18. The summed E-state index contributed by atoms with van der Waals surface area (Å²) >= 11 is 0. The zero-order valence-electron chi connectivity index (χ0n) is 11.2. The van der Waals surface area contributed by atoms with Crippen molar-refractivity contribution in [2.24, 2.45) is 5.84 Å². The van der Waals surface area contributed by atoms with Crippen molar-refractivity contribution in [2.45, 2.75) is 12.8 Å². The van der Waals surface area contributed by atoms with Gasteiger partial charge in [-0.15, -0.1) is 0 Å². The van der Waals surface area contributed by atoms with Crippen LogP contribution in [0.4, 0.5) is 5.82 Å². The molecular weight excluding hydrogens is 258 g/mol. The molecular formula is C13H17N5O2. The van der Waals surface area contributed by atoms with E-state index in [2.05, 4.69) is 20.4 Å². The van der Waals surface area contributed by atoms with E-state index < -0.39 is 0 Å². The lowest BCUT2D eigenvalue weighted by Gasteiger charge is -2.11. The molecule has 3 N–H and O–H groups in total. The van der Waals surface area contributed by atoms with Gasteiger partial charge < -0.3 is 14.9 Å². The summed E-state index contributed by atoms with van der Waals surface area (Å²) in [5.74, 6) is 6.52. The first kappa shape index (κ1) is 14.0. The van der Waals surface area contributed by atoms with E-state index in [0.717, 1.165) is 12.8 Å².